The number of rotatable bonds is 4. The van der Waals surface area contributed by atoms with Crippen molar-refractivity contribution in [3.8, 4) is 17.2 Å². The number of halogens is 1. The van der Waals surface area contributed by atoms with Crippen LogP contribution in [0.15, 0.2) is 36.4 Å². The topological polar surface area (TPSA) is 48.0 Å². The largest absolute Gasteiger partial charge is 0.496 e. The monoisotopic (exact) mass is 361 g/mol. The molecule has 3 rings (SSSR count). The summed E-state index contributed by atoms with van der Waals surface area (Å²) < 4.78 is 16.5. The predicted octanol–water partition coefficient (Wildman–Crippen LogP) is 3.95. The molecule has 0 spiro atoms. The van der Waals surface area contributed by atoms with Crippen molar-refractivity contribution in [2.45, 2.75) is 13.0 Å². The lowest BCUT2D eigenvalue weighted by Crippen LogP contribution is -2.30. The first-order valence-corrected chi connectivity index (χ1v) is 8.40. The summed E-state index contributed by atoms with van der Waals surface area (Å²) in [4.78, 5) is 14.6. The summed E-state index contributed by atoms with van der Waals surface area (Å²) in [5, 5.41) is 0.374. The van der Waals surface area contributed by atoms with E-state index < -0.39 is 0 Å². The number of nitrogens with zero attached hydrogens (tertiary/aromatic N) is 1. The summed E-state index contributed by atoms with van der Waals surface area (Å²) in [5.41, 5.74) is 1.39. The summed E-state index contributed by atoms with van der Waals surface area (Å²) in [6.45, 7) is 2.84. The lowest BCUT2D eigenvalue weighted by atomic mass is 10.0. The van der Waals surface area contributed by atoms with Crippen molar-refractivity contribution >= 4 is 17.5 Å². The highest BCUT2D eigenvalue weighted by Crippen LogP contribution is 2.39. The predicted molar refractivity (Wildman–Crippen MR) is 95.9 cm³/mol. The van der Waals surface area contributed by atoms with Gasteiger partial charge in [0, 0.05) is 18.2 Å². The van der Waals surface area contributed by atoms with Crippen LogP contribution in [0.4, 0.5) is 0 Å². The fourth-order valence-electron chi connectivity index (χ4n) is 2.83. The highest BCUT2D eigenvalue weighted by Gasteiger charge is 2.24. The third-order valence-corrected chi connectivity index (χ3v) is 4.61. The molecular formula is C19H20ClNO4. The Bertz CT molecular complexity index is 793. The molecule has 0 aromatic heterocycles. The number of carbonyl (C=O) groups is 1. The van der Waals surface area contributed by atoms with Gasteiger partial charge in [0.25, 0.3) is 5.91 Å². The maximum absolute atomic E-state index is 12.9. The zero-order valence-electron chi connectivity index (χ0n) is 14.4. The van der Waals surface area contributed by atoms with E-state index in [1.54, 1.807) is 31.2 Å². The van der Waals surface area contributed by atoms with Crippen LogP contribution in [0.5, 0.6) is 17.2 Å². The molecule has 0 bridgehead atoms. The van der Waals surface area contributed by atoms with E-state index in [4.69, 9.17) is 25.8 Å². The number of hydrogen-bond donors (Lipinski definition) is 0. The normalized spacial score (nSPS) is 13.9. The highest BCUT2D eigenvalue weighted by molar-refractivity contribution is 6.32. The van der Waals surface area contributed by atoms with E-state index in [1.807, 2.05) is 31.2 Å². The van der Waals surface area contributed by atoms with Gasteiger partial charge in [0.15, 0.2) is 11.5 Å². The third-order valence-electron chi connectivity index (χ3n) is 4.33. The third kappa shape index (κ3) is 3.37. The molecule has 2 aromatic carbocycles. The van der Waals surface area contributed by atoms with Crippen molar-refractivity contribution in [1.82, 2.24) is 4.90 Å². The number of methoxy groups -OCH3 is 1. The molecular weight excluding hydrogens is 342 g/mol. The van der Waals surface area contributed by atoms with Gasteiger partial charge in [-0.15, -0.1) is 0 Å². The van der Waals surface area contributed by atoms with Crippen LogP contribution in [0.1, 0.15) is 28.9 Å². The SMILES string of the molecule is COc1ccccc1C(C)N(C)C(=O)c1cc(Cl)c2c(c1)OCCO2. The molecule has 0 fully saturated rings. The molecule has 1 heterocycles. The minimum absolute atomic E-state index is 0.155. The molecule has 1 aliphatic rings. The van der Waals surface area contributed by atoms with Gasteiger partial charge in [0.2, 0.25) is 0 Å². The fraction of sp³-hybridized carbons (Fsp3) is 0.316. The van der Waals surface area contributed by atoms with E-state index in [0.29, 0.717) is 35.3 Å². The van der Waals surface area contributed by atoms with Gasteiger partial charge in [-0.25, -0.2) is 0 Å². The van der Waals surface area contributed by atoms with Gasteiger partial charge in [-0.05, 0) is 25.1 Å². The molecule has 0 radical (unpaired) electrons. The van der Waals surface area contributed by atoms with Crippen LogP contribution >= 0.6 is 11.6 Å². The molecule has 25 heavy (non-hydrogen) atoms. The maximum atomic E-state index is 12.9. The first kappa shape index (κ1) is 17.4. The quantitative estimate of drug-likeness (QED) is 0.827. The molecule has 0 saturated carbocycles. The Morgan fingerprint density at radius 2 is 1.96 bits per heavy atom. The summed E-state index contributed by atoms with van der Waals surface area (Å²) in [7, 11) is 3.37. The van der Waals surface area contributed by atoms with E-state index in [-0.39, 0.29) is 11.9 Å². The molecule has 1 unspecified atom stereocenters. The van der Waals surface area contributed by atoms with Crippen LogP contribution in [0.25, 0.3) is 0 Å². The Morgan fingerprint density at radius 3 is 2.72 bits per heavy atom. The first-order valence-electron chi connectivity index (χ1n) is 8.02. The maximum Gasteiger partial charge on any atom is 0.254 e. The Balaban J connectivity index is 1.88. The van der Waals surface area contributed by atoms with Gasteiger partial charge in [-0.1, -0.05) is 29.8 Å². The van der Waals surface area contributed by atoms with Gasteiger partial charge in [-0.3, -0.25) is 4.79 Å². The number of amides is 1. The lowest BCUT2D eigenvalue weighted by molar-refractivity contribution is 0.0740. The minimum Gasteiger partial charge on any atom is -0.496 e. The molecule has 0 aliphatic carbocycles. The van der Waals surface area contributed by atoms with Crippen molar-refractivity contribution in [2.75, 3.05) is 27.4 Å². The Labute approximate surface area is 152 Å². The highest BCUT2D eigenvalue weighted by atomic mass is 35.5. The molecule has 6 heteroatoms. The molecule has 1 atom stereocenters. The smallest absolute Gasteiger partial charge is 0.254 e. The Hall–Kier alpha value is -2.40. The van der Waals surface area contributed by atoms with Crippen LogP contribution in [-0.4, -0.2) is 38.2 Å². The van der Waals surface area contributed by atoms with Crippen molar-refractivity contribution < 1.29 is 19.0 Å². The Kier molecular flexibility index (Phi) is 5.04. The average Bonchev–Trinajstić information content (AvgIpc) is 2.66. The van der Waals surface area contributed by atoms with Crippen LogP contribution in [0, 0.1) is 0 Å². The fourth-order valence-corrected chi connectivity index (χ4v) is 3.10. The second kappa shape index (κ2) is 7.23. The lowest BCUT2D eigenvalue weighted by Gasteiger charge is -2.27. The molecule has 0 N–H and O–H groups in total. The van der Waals surface area contributed by atoms with E-state index >= 15 is 0 Å². The van der Waals surface area contributed by atoms with E-state index in [0.717, 1.165) is 11.3 Å². The van der Waals surface area contributed by atoms with E-state index in [1.165, 1.54) is 0 Å². The molecule has 132 valence electrons. The zero-order valence-corrected chi connectivity index (χ0v) is 15.2. The van der Waals surface area contributed by atoms with Gasteiger partial charge in [0.05, 0.1) is 18.2 Å². The Morgan fingerprint density at radius 1 is 1.24 bits per heavy atom. The standard InChI is InChI=1S/C19H20ClNO4/c1-12(14-6-4-5-7-16(14)23-3)21(2)19(22)13-10-15(20)18-17(11-13)24-8-9-25-18/h4-7,10-12H,8-9H2,1-3H3. The molecule has 1 aliphatic heterocycles. The molecule has 2 aromatic rings. The number of para-hydroxylation sites is 1. The van der Waals surface area contributed by atoms with Crippen molar-refractivity contribution in [3.63, 3.8) is 0 Å². The van der Waals surface area contributed by atoms with Crippen LogP contribution < -0.4 is 14.2 Å². The number of fused-ring (bicyclic) bond motifs is 1. The minimum atomic E-state index is -0.171. The molecule has 0 saturated heterocycles. The van der Waals surface area contributed by atoms with Crippen LogP contribution in [-0.2, 0) is 0 Å². The van der Waals surface area contributed by atoms with E-state index in [2.05, 4.69) is 0 Å². The summed E-state index contributed by atoms with van der Waals surface area (Å²) in [6.07, 6.45) is 0. The first-order chi connectivity index (χ1) is 12.0. The number of carbonyl (C=O) groups excluding carboxylic acids is 1. The molecule has 1 amide bonds. The zero-order chi connectivity index (χ0) is 18.0. The van der Waals surface area contributed by atoms with Gasteiger partial charge < -0.3 is 19.1 Å². The van der Waals surface area contributed by atoms with Crippen molar-refractivity contribution in [3.05, 3.63) is 52.5 Å². The second-order valence-corrected chi connectivity index (χ2v) is 6.22. The van der Waals surface area contributed by atoms with Crippen LogP contribution in [0.2, 0.25) is 5.02 Å². The molecule has 5 nitrogen and oxygen atoms in total. The van der Waals surface area contributed by atoms with Crippen LogP contribution in [0.3, 0.4) is 0 Å². The van der Waals surface area contributed by atoms with Crippen molar-refractivity contribution in [2.24, 2.45) is 0 Å². The van der Waals surface area contributed by atoms with Crippen molar-refractivity contribution in [1.29, 1.82) is 0 Å². The van der Waals surface area contributed by atoms with Gasteiger partial charge >= 0.3 is 0 Å². The van der Waals surface area contributed by atoms with Gasteiger partial charge in [0.1, 0.15) is 19.0 Å². The average molecular weight is 362 g/mol. The van der Waals surface area contributed by atoms with Gasteiger partial charge in [-0.2, -0.15) is 0 Å². The number of hydrogen-bond acceptors (Lipinski definition) is 4. The summed E-state index contributed by atoms with van der Waals surface area (Å²) in [5.74, 6) is 1.58. The second-order valence-electron chi connectivity index (χ2n) is 5.82. The number of benzene rings is 2. The summed E-state index contributed by atoms with van der Waals surface area (Å²) in [6, 6.07) is 10.8. The number of ether oxygens (including phenoxy) is 3. The van der Waals surface area contributed by atoms with E-state index in [9.17, 15) is 4.79 Å². The summed E-state index contributed by atoms with van der Waals surface area (Å²) >= 11 is 6.24.